The minimum absolute atomic E-state index is 0.111. The number of aliphatic hydroxyl groups excluding tert-OH is 1. The summed E-state index contributed by atoms with van der Waals surface area (Å²) in [4.78, 5) is 27.9. The van der Waals surface area contributed by atoms with Crippen LogP contribution in [0.5, 0.6) is 0 Å². The van der Waals surface area contributed by atoms with Crippen molar-refractivity contribution in [2.45, 2.75) is 0 Å². The van der Waals surface area contributed by atoms with Crippen LogP contribution in [0.1, 0.15) is 0 Å². The first kappa shape index (κ1) is 18.3. The molecule has 0 aromatic heterocycles. The molecule has 1 aromatic rings. The molecule has 0 saturated heterocycles. The highest BCUT2D eigenvalue weighted by molar-refractivity contribution is 9.10. The molecule has 8 heteroatoms. The average molecular weight is 398 g/mol. The number of β-amino-alcohol motifs (C(OH)–C–C–N with tert-alkyl or cyclic N) is 1. The topological polar surface area (TPSA) is 82.1 Å². The number of hydrogen-bond acceptors (Lipinski definition) is 6. The monoisotopic (exact) mass is 397 g/mol. The van der Waals surface area contributed by atoms with Crippen LogP contribution < -0.4 is 10.2 Å². The van der Waals surface area contributed by atoms with E-state index in [2.05, 4.69) is 21.2 Å². The Bertz CT molecular complexity index is 688. The molecule has 0 aliphatic carbocycles. The lowest BCUT2D eigenvalue weighted by atomic mass is 10.2. The largest absolute Gasteiger partial charge is 0.466 e. The number of halogens is 1. The van der Waals surface area contributed by atoms with Crippen molar-refractivity contribution in [2.24, 2.45) is 0 Å². The summed E-state index contributed by atoms with van der Waals surface area (Å²) < 4.78 is 5.62. The molecule has 0 spiro atoms. The third kappa shape index (κ3) is 3.70. The number of nitrogens with zero attached hydrogens (tertiary/aromatic N) is 2. The van der Waals surface area contributed by atoms with Crippen molar-refractivity contribution in [3.63, 3.8) is 0 Å². The van der Waals surface area contributed by atoms with Crippen molar-refractivity contribution in [2.75, 3.05) is 51.1 Å². The predicted molar refractivity (Wildman–Crippen MR) is 94.8 cm³/mol. The van der Waals surface area contributed by atoms with E-state index in [-0.39, 0.29) is 36.9 Å². The molecule has 2 rings (SSSR count). The van der Waals surface area contributed by atoms with Gasteiger partial charge in [0, 0.05) is 25.1 Å². The zero-order valence-corrected chi connectivity index (χ0v) is 15.4. The molecular weight excluding hydrogens is 378 g/mol. The minimum Gasteiger partial charge on any atom is -0.466 e. The van der Waals surface area contributed by atoms with E-state index in [0.717, 1.165) is 10.2 Å². The first-order chi connectivity index (χ1) is 11.4. The van der Waals surface area contributed by atoms with Crippen LogP contribution in [-0.2, 0) is 14.3 Å². The molecule has 0 unspecified atom stereocenters. The maximum Gasteiger partial charge on any atom is 0.337 e. The summed E-state index contributed by atoms with van der Waals surface area (Å²) in [6.07, 6.45) is 0. The van der Waals surface area contributed by atoms with E-state index < -0.39 is 5.97 Å². The lowest BCUT2D eigenvalue weighted by Crippen LogP contribution is -2.31. The highest BCUT2D eigenvalue weighted by Crippen LogP contribution is 2.31. The molecular formula is C16H20BrN3O4. The maximum absolute atomic E-state index is 12.6. The van der Waals surface area contributed by atoms with Crippen LogP contribution in [0.25, 0.3) is 0 Å². The van der Waals surface area contributed by atoms with Gasteiger partial charge in [-0.05, 0) is 18.2 Å². The van der Waals surface area contributed by atoms with Gasteiger partial charge in [0.05, 0.1) is 37.2 Å². The zero-order chi connectivity index (χ0) is 17.9. The van der Waals surface area contributed by atoms with Crippen LogP contribution >= 0.6 is 15.9 Å². The van der Waals surface area contributed by atoms with Gasteiger partial charge >= 0.3 is 5.97 Å². The van der Waals surface area contributed by atoms with Crippen LogP contribution in [0.15, 0.2) is 33.9 Å². The van der Waals surface area contributed by atoms with E-state index >= 15 is 0 Å². The molecule has 1 heterocycles. The number of hydrogen-bond donors (Lipinski definition) is 2. The number of benzene rings is 1. The number of rotatable bonds is 6. The normalized spacial score (nSPS) is 14.2. The fourth-order valence-electron chi connectivity index (χ4n) is 2.48. The first-order valence-corrected chi connectivity index (χ1v) is 8.13. The van der Waals surface area contributed by atoms with Gasteiger partial charge in [-0.25, -0.2) is 4.79 Å². The molecule has 0 saturated carbocycles. The Hall–Kier alpha value is -2.06. The van der Waals surface area contributed by atoms with Crippen molar-refractivity contribution in [3.05, 3.63) is 33.9 Å². The molecule has 24 heavy (non-hydrogen) atoms. The number of aliphatic hydroxyl groups is 1. The third-order valence-corrected chi connectivity index (χ3v) is 4.15. The molecule has 2 N–H and O–H groups in total. The Morgan fingerprint density at radius 1 is 1.46 bits per heavy atom. The summed E-state index contributed by atoms with van der Waals surface area (Å²) >= 11 is 3.41. The predicted octanol–water partition coefficient (Wildman–Crippen LogP) is 1.19. The summed E-state index contributed by atoms with van der Waals surface area (Å²) in [6, 6.07) is 5.62. The number of nitrogens with one attached hydrogen (secondary N) is 1. The summed E-state index contributed by atoms with van der Waals surface area (Å²) in [6.45, 7) is 0.0938. The van der Waals surface area contributed by atoms with Crippen molar-refractivity contribution >= 4 is 39.2 Å². The van der Waals surface area contributed by atoms with E-state index in [1.165, 1.54) is 12.0 Å². The van der Waals surface area contributed by atoms with Gasteiger partial charge in [0.15, 0.2) is 0 Å². The van der Waals surface area contributed by atoms with Gasteiger partial charge < -0.3 is 25.0 Å². The van der Waals surface area contributed by atoms with Gasteiger partial charge in [0.1, 0.15) is 5.70 Å². The van der Waals surface area contributed by atoms with Crippen LogP contribution in [-0.4, -0.2) is 62.8 Å². The molecule has 1 aromatic carbocycles. The fourth-order valence-corrected chi connectivity index (χ4v) is 2.84. The van der Waals surface area contributed by atoms with E-state index in [1.807, 2.05) is 37.2 Å². The Labute approximate surface area is 149 Å². The molecule has 7 nitrogen and oxygen atoms in total. The van der Waals surface area contributed by atoms with Crippen LogP contribution in [0.4, 0.5) is 11.4 Å². The second kappa shape index (κ2) is 7.67. The van der Waals surface area contributed by atoms with Gasteiger partial charge in [0.25, 0.3) is 5.91 Å². The van der Waals surface area contributed by atoms with E-state index in [4.69, 9.17) is 9.84 Å². The average Bonchev–Trinajstić information content (AvgIpc) is 2.84. The molecule has 1 aliphatic rings. The van der Waals surface area contributed by atoms with Crippen molar-refractivity contribution in [3.8, 4) is 0 Å². The summed E-state index contributed by atoms with van der Waals surface area (Å²) in [5, 5.41) is 12.2. The smallest absolute Gasteiger partial charge is 0.337 e. The lowest BCUT2D eigenvalue weighted by Gasteiger charge is -2.20. The van der Waals surface area contributed by atoms with Crippen LogP contribution in [0, 0.1) is 0 Å². The van der Waals surface area contributed by atoms with Gasteiger partial charge in [-0.3, -0.25) is 4.79 Å². The Morgan fingerprint density at radius 2 is 2.17 bits per heavy atom. The summed E-state index contributed by atoms with van der Waals surface area (Å²) in [5.74, 6) is -0.901. The Morgan fingerprint density at radius 3 is 2.75 bits per heavy atom. The van der Waals surface area contributed by atoms with E-state index in [9.17, 15) is 9.59 Å². The van der Waals surface area contributed by atoms with E-state index in [0.29, 0.717) is 5.69 Å². The second-order valence-corrected chi connectivity index (χ2v) is 6.39. The first-order valence-electron chi connectivity index (χ1n) is 7.34. The lowest BCUT2D eigenvalue weighted by molar-refractivity contribution is -0.136. The summed E-state index contributed by atoms with van der Waals surface area (Å²) in [7, 11) is 5.05. The molecule has 130 valence electrons. The Kier molecular flexibility index (Phi) is 5.84. The number of carbonyl (C=O) groups excluding carboxylic acids is 2. The second-order valence-electron chi connectivity index (χ2n) is 5.48. The van der Waals surface area contributed by atoms with Crippen LogP contribution in [0.3, 0.4) is 0 Å². The zero-order valence-electron chi connectivity index (χ0n) is 13.8. The van der Waals surface area contributed by atoms with Crippen molar-refractivity contribution in [1.29, 1.82) is 0 Å². The molecule has 0 radical (unpaired) electrons. The summed E-state index contributed by atoms with van der Waals surface area (Å²) in [5.41, 5.74) is 1.98. The van der Waals surface area contributed by atoms with Gasteiger partial charge in [0.2, 0.25) is 0 Å². The number of carbonyl (C=O) groups is 2. The molecule has 1 amide bonds. The number of esters is 1. The highest BCUT2D eigenvalue weighted by Gasteiger charge is 2.34. The Balaban J connectivity index is 2.42. The molecule has 0 fully saturated rings. The standard InChI is InChI=1S/C16H20BrN3O4/c1-19(2)13-5-4-10(17)8-12(13)18-14-11(16(23)24-3)9-20(6-7-21)15(14)22/h4-5,8,18,21H,6-7,9H2,1-3H3. The SMILES string of the molecule is COC(=O)C1=C(Nc2cc(Br)ccc2N(C)C)C(=O)N(CCO)C1. The number of methoxy groups -OCH3 is 1. The van der Waals surface area contributed by atoms with E-state index in [1.54, 1.807) is 0 Å². The maximum atomic E-state index is 12.6. The fraction of sp³-hybridized carbons (Fsp3) is 0.375. The third-order valence-electron chi connectivity index (χ3n) is 3.65. The molecule has 0 bridgehead atoms. The molecule has 0 atom stereocenters. The number of ether oxygens (including phenoxy) is 1. The number of anilines is 2. The van der Waals surface area contributed by atoms with Crippen LogP contribution in [0.2, 0.25) is 0 Å². The van der Waals surface area contributed by atoms with Gasteiger partial charge in [-0.2, -0.15) is 0 Å². The quantitative estimate of drug-likeness (QED) is 0.701. The minimum atomic E-state index is -0.562. The van der Waals surface area contributed by atoms with Gasteiger partial charge in [-0.1, -0.05) is 15.9 Å². The van der Waals surface area contributed by atoms with Crippen molar-refractivity contribution < 1.29 is 19.4 Å². The van der Waals surface area contributed by atoms with Crippen molar-refractivity contribution in [1.82, 2.24) is 4.90 Å². The molecule has 1 aliphatic heterocycles. The van der Waals surface area contributed by atoms with Gasteiger partial charge in [-0.15, -0.1) is 0 Å². The number of amides is 1. The highest BCUT2D eigenvalue weighted by atomic mass is 79.9.